The lowest BCUT2D eigenvalue weighted by Gasteiger charge is -2.48. The van der Waals surface area contributed by atoms with Crippen molar-refractivity contribution in [3.63, 3.8) is 0 Å². The Morgan fingerprint density at radius 3 is 2.42 bits per heavy atom. The number of rotatable bonds is 5. The van der Waals surface area contributed by atoms with Crippen molar-refractivity contribution >= 4 is 23.3 Å². The summed E-state index contributed by atoms with van der Waals surface area (Å²) in [5.41, 5.74) is -0.835. The molecule has 10 heteroatoms. The molecule has 2 aliphatic heterocycles. The Bertz CT molecular complexity index is 818. The van der Waals surface area contributed by atoms with E-state index < -0.39 is 11.7 Å². The van der Waals surface area contributed by atoms with Gasteiger partial charge >= 0.3 is 6.18 Å². The van der Waals surface area contributed by atoms with E-state index in [9.17, 15) is 18.0 Å². The molecule has 0 atom stereocenters. The number of hydrogen-bond donors (Lipinski definition) is 1. The fraction of sp³-hybridized carbons (Fsp3) is 0.739. The van der Waals surface area contributed by atoms with Crippen molar-refractivity contribution in [2.75, 3.05) is 50.8 Å². The second-order valence-electron chi connectivity index (χ2n) is 9.39. The molecule has 1 aromatic heterocycles. The maximum atomic E-state index is 13.0. The standard InChI is InChI=1S/C23H32ClF3N4O2/c24-19-14-18(23(25,26)27)15-28-20(19)30-8-4-17(5-9-30)21(32)29-16-22(6-2-1-3-7-22)31-10-12-33-13-11-31/h14-15,17H,1-13,16H2,(H,29,32). The van der Waals surface area contributed by atoms with Crippen molar-refractivity contribution in [1.82, 2.24) is 15.2 Å². The quantitative estimate of drug-likeness (QED) is 0.675. The number of morpholine rings is 1. The third-order valence-corrected chi connectivity index (χ3v) is 7.65. The van der Waals surface area contributed by atoms with E-state index >= 15 is 0 Å². The summed E-state index contributed by atoms with van der Waals surface area (Å²) in [7, 11) is 0. The van der Waals surface area contributed by atoms with Gasteiger partial charge in [-0.3, -0.25) is 9.69 Å². The monoisotopic (exact) mass is 488 g/mol. The van der Waals surface area contributed by atoms with Crippen LogP contribution < -0.4 is 10.2 Å². The summed E-state index contributed by atoms with van der Waals surface area (Å²) >= 11 is 6.10. The van der Waals surface area contributed by atoms with E-state index in [0.717, 1.165) is 51.4 Å². The average Bonchev–Trinajstić information content (AvgIpc) is 2.83. The highest BCUT2D eigenvalue weighted by atomic mass is 35.5. The lowest BCUT2D eigenvalue weighted by molar-refractivity contribution is -0.137. The predicted octanol–water partition coefficient (Wildman–Crippen LogP) is 4.12. The molecule has 3 aliphatic rings. The minimum Gasteiger partial charge on any atom is -0.379 e. The van der Waals surface area contributed by atoms with Gasteiger partial charge in [0.05, 0.1) is 23.8 Å². The number of carbonyl (C=O) groups is 1. The molecular weight excluding hydrogens is 457 g/mol. The molecule has 0 aromatic carbocycles. The number of hydrogen-bond acceptors (Lipinski definition) is 5. The van der Waals surface area contributed by atoms with Gasteiger partial charge in [-0.15, -0.1) is 0 Å². The third kappa shape index (κ3) is 5.74. The number of halogens is 4. The summed E-state index contributed by atoms with van der Waals surface area (Å²) in [6, 6.07) is 0.915. The highest BCUT2D eigenvalue weighted by Gasteiger charge is 2.39. The summed E-state index contributed by atoms with van der Waals surface area (Å²) in [4.78, 5) is 21.3. The number of anilines is 1. The molecule has 1 aliphatic carbocycles. The lowest BCUT2D eigenvalue weighted by atomic mass is 9.79. The predicted molar refractivity (Wildman–Crippen MR) is 120 cm³/mol. The Kier molecular flexibility index (Phi) is 7.70. The summed E-state index contributed by atoms with van der Waals surface area (Å²) in [6.07, 6.45) is 3.41. The molecule has 1 amide bonds. The van der Waals surface area contributed by atoms with Gasteiger partial charge in [0.1, 0.15) is 5.82 Å². The second-order valence-corrected chi connectivity index (χ2v) is 9.80. The first-order valence-corrected chi connectivity index (χ1v) is 12.2. The Balaban J connectivity index is 1.32. The van der Waals surface area contributed by atoms with E-state index in [1.54, 1.807) is 0 Å². The molecule has 0 unspecified atom stereocenters. The molecule has 0 bridgehead atoms. The average molecular weight is 489 g/mol. The molecule has 1 aromatic rings. The molecule has 0 radical (unpaired) electrons. The van der Waals surface area contributed by atoms with Gasteiger partial charge in [-0.2, -0.15) is 13.2 Å². The van der Waals surface area contributed by atoms with E-state index in [1.165, 1.54) is 19.3 Å². The first-order valence-electron chi connectivity index (χ1n) is 11.9. The molecule has 184 valence electrons. The van der Waals surface area contributed by atoms with Gasteiger partial charge in [0.2, 0.25) is 5.91 Å². The van der Waals surface area contributed by atoms with Crippen LogP contribution in [-0.4, -0.2) is 67.3 Å². The maximum Gasteiger partial charge on any atom is 0.417 e. The molecule has 1 N–H and O–H groups in total. The molecule has 33 heavy (non-hydrogen) atoms. The summed E-state index contributed by atoms with van der Waals surface area (Å²) in [5.74, 6) is 0.302. The van der Waals surface area contributed by atoms with Gasteiger partial charge in [-0.1, -0.05) is 30.9 Å². The molecular formula is C23H32ClF3N4O2. The van der Waals surface area contributed by atoms with Crippen LogP contribution in [0.25, 0.3) is 0 Å². The van der Waals surface area contributed by atoms with Crippen LogP contribution >= 0.6 is 11.6 Å². The van der Waals surface area contributed by atoms with Crippen LogP contribution in [0.3, 0.4) is 0 Å². The van der Waals surface area contributed by atoms with Crippen LogP contribution in [0, 0.1) is 5.92 Å². The lowest BCUT2D eigenvalue weighted by Crippen LogP contribution is -2.60. The molecule has 1 saturated carbocycles. The molecule has 0 spiro atoms. The van der Waals surface area contributed by atoms with Crippen LogP contribution in [0.5, 0.6) is 0 Å². The number of amides is 1. The van der Waals surface area contributed by atoms with Gasteiger partial charge in [0, 0.05) is 50.4 Å². The van der Waals surface area contributed by atoms with Crippen LogP contribution in [0.1, 0.15) is 50.5 Å². The Morgan fingerprint density at radius 1 is 1.15 bits per heavy atom. The van der Waals surface area contributed by atoms with Gasteiger partial charge < -0.3 is 15.0 Å². The topological polar surface area (TPSA) is 57.7 Å². The van der Waals surface area contributed by atoms with E-state index in [0.29, 0.717) is 38.3 Å². The zero-order valence-electron chi connectivity index (χ0n) is 18.8. The number of carbonyl (C=O) groups excluding carboxylic acids is 1. The van der Waals surface area contributed by atoms with Gasteiger partial charge in [-0.05, 0) is 31.7 Å². The van der Waals surface area contributed by atoms with Crippen LogP contribution in [-0.2, 0) is 15.7 Å². The number of aromatic nitrogens is 1. The van der Waals surface area contributed by atoms with E-state index in [4.69, 9.17) is 16.3 Å². The van der Waals surface area contributed by atoms with Gasteiger partial charge in [0.15, 0.2) is 0 Å². The minimum atomic E-state index is -4.48. The fourth-order valence-electron chi connectivity index (χ4n) is 5.42. The maximum absolute atomic E-state index is 13.0. The van der Waals surface area contributed by atoms with Crippen molar-refractivity contribution < 1.29 is 22.7 Å². The number of piperidine rings is 1. The fourth-order valence-corrected chi connectivity index (χ4v) is 5.71. The largest absolute Gasteiger partial charge is 0.417 e. The molecule has 6 nitrogen and oxygen atoms in total. The van der Waals surface area contributed by atoms with E-state index in [-0.39, 0.29) is 22.4 Å². The van der Waals surface area contributed by atoms with Crippen molar-refractivity contribution in [2.45, 2.75) is 56.7 Å². The van der Waals surface area contributed by atoms with Crippen molar-refractivity contribution in [1.29, 1.82) is 0 Å². The smallest absolute Gasteiger partial charge is 0.379 e. The first kappa shape index (κ1) is 24.5. The van der Waals surface area contributed by atoms with Gasteiger partial charge in [0.25, 0.3) is 0 Å². The van der Waals surface area contributed by atoms with Gasteiger partial charge in [-0.25, -0.2) is 4.98 Å². The summed E-state index contributed by atoms with van der Waals surface area (Å²) < 4.78 is 44.1. The molecule has 4 rings (SSSR count). The Hall–Kier alpha value is -1.58. The SMILES string of the molecule is O=C(NCC1(N2CCOCC2)CCCCC1)C1CCN(c2ncc(C(F)(F)F)cc2Cl)CC1. The number of ether oxygens (including phenoxy) is 1. The number of alkyl halides is 3. The summed E-state index contributed by atoms with van der Waals surface area (Å²) in [5, 5.41) is 3.23. The third-order valence-electron chi connectivity index (χ3n) is 7.37. The van der Waals surface area contributed by atoms with E-state index in [1.807, 2.05) is 4.90 Å². The first-order chi connectivity index (χ1) is 15.8. The van der Waals surface area contributed by atoms with Crippen LogP contribution in [0.2, 0.25) is 5.02 Å². The summed E-state index contributed by atoms with van der Waals surface area (Å²) in [6.45, 7) is 5.04. The van der Waals surface area contributed by atoms with Crippen molar-refractivity contribution in [2.24, 2.45) is 5.92 Å². The normalized spacial score (nSPS) is 22.8. The second kappa shape index (κ2) is 10.4. The number of nitrogens with one attached hydrogen (secondary N) is 1. The van der Waals surface area contributed by atoms with E-state index in [2.05, 4.69) is 15.2 Å². The highest BCUT2D eigenvalue weighted by molar-refractivity contribution is 6.33. The Labute approximate surface area is 197 Å². The minimum absolute atomic E-state index is 0.0162. The number of pyridine rings is 1. The highest BCUT2D eigenvalue weighted by Crippen LogP contribution is 2.36. The van der Waals surface area contributed by atoms with Crippen molar-refractivity contribution in [3.05, 3.63) is 22.8 Å². The molecule has 3 heterocycles. The zero-order valence-corrected chi connectivity index (χ0v) is 19.6. The number of nitrogens with zero attached hydrogens (tertiary/aromatic N) is 3. The zero-order chi connectivity index (χ0) is 23.5. The molecule has 3 fully saturated rings. The molecule has 2 saturated heterocycles. The Morgan fingerprint density at radius 2 is 1.82 bits per heavy atom. The van der Waals surface area contributed by atoms with Crippen LogP contribution in [0.15, 0.2) is 12.3 Å². The van der Waals surface area contributed by atoms with Crippen LogP contribution in [0.4, 0.5) is 19.0 Å². The van der Waals surface area contributed by atoms with Crippen molar-refractivity contribution in [3.8, 4) is 0 Å².